The minimum absolute atomic E-state index is 0.464. The first-order valence-electron chi connectivity index (χ1n) is 10.8. The van der Waals surface area contributed by atoms with Gasteiger partial charge < -0.3 is 15.5 Å². The number of aromatic nitrogens is 3. The zero-order chi connectivity index (χ0) is 19.2. The van der Waals surface area contributed by atoms with Crippen molar-refractivity contribution < 1.29 is 0 Å². The number of hydrogen-bond donors (Lipinski definition) is 2. The molecule has 1 aliphatic carbocycles. The van der Waals surface area contributed by atoms with E-state index in [4.69, 9.17) is 0 Å². The standard InChI is InChI=1S/C22H32N6/c1-17-12-14-28(15-13-17)20-10-8-19(9-11-20)24-21-16-23-27-22(26-21)25-18-6-4-2-3-5-7-18/h8-11,16-18H,2-7,12-15H2,1H3,(H2,24,25,26,27). The number of nitrogens with one attached hydrogen (secondary N) is 2. The minimum Gasteiger partial charge on any atom is -0.372 e. The number of benzene rings is 1. The summed E-state index contributed by atoms with van der Waals surface area (Å²) in [5.41, 5.74) is 2.32. The molecular formula is C22H32N6. The normalized spacial score (nSPS) is 19.2. The zero-order valence-electron chi connectivity index (χ0n) is 16.9. The Balaban J connectivity index is 1.36. The Labute approximate surface area is 168 Å². The molecule has 1 aromatic heterocycles. The Morgan fingerprint density at radius 2 is 1.64 bits per heavy atom. The molecule has 1 saturated heterocycles. The van der Waals surface area contributed by atoms with Gasteiger partial charge >= 0.3 is 0 Å². The second kappa shape index (κ2) is 9.22. The number of rotatable bonds is 5. The maximum Gasteiger partial charge on any atom is 0.244 e. The average molecular weight is 381 g/mol. The highest BCUT2D eigenvalue weighted by atomic mass is 15.3. The van der Waals surface area contributed by atoms with Gasteiger partial charge in [-0.2, -0.15) is 10.1 Å². The third kappa shape index (κ3) is 5.12. The van der Waals surface area contributed by atoms with E-state index in [1.54, 1.807) is 6.20 Å². The molecule has 6 heteroatoms. The molecule has 0 atom stereocenters. The lowest BCUT2D eigenvalue weighted by Crippen LogP contribution is -2.32. The highest BCUT2D eigenvalue weighted by Crippen LogP contribution is 2.25. The summed E-state index contributed by atoms with van der Waals surface area (Å²) in [5.74, 6) is 2.20. The Kier molecular flexibility index (Phi) is 6.24. The second-order valence-corrected chi connectivity index (χ2v) is 8.34. The molecule has 0 bridgehead atoms. The molecule has 0 spiro atoms. The molecule has 4 rings (SSSR count). The van der Waals surface area contributed by atoms with Crippen molar-refractivity contribution in [3.63, 3.8) is 0 Å². The molecular weight excluding hydrogens is 348 g/mol. The van der Waals surface area contributed by atoms with Crippen molar-refractivity contribution in [2.24, 2.45) is 5.92 Å². The van der Waals surface area contributed by atoms with Crippen LogP contribution in [0.1, 0.15) is 58.3 Å². The molecule has 1 saturated carbocycles. The molecule has 2 aromatic rings. The van der Waals surface area contributed by atoms with Crippen LogP contribution in [-0.4, -0.2) is 34.3 Å². The maximum atomic E-state index is 4.61. The fraction of sp³-hybridized carbons (Fsp3) is 0.591. The van der Waals surface area contributed by atoms with Crippen molar-refractivity contribution >= 4 is 23.1 Å². The van der Waals surface area contributed by atoms with E-state index in [-0.39, 0.29) is 0 Å². The second-order valence-electron chi connectivity index (χ2n) is 8.34. The van der Waals surface area contributed by atoms with E-state index in [0.717, 1.165) is 30.5 Å². The maximum absolute atomic E-state index is 4.61. The predicted molar refractivity (Wildman–Crippen MR) is 115 cm³/mol. The van der Waals surface area contributed by atoms with Crippen LogP contribution in [0, 0.1) is 5.92 Å². The minimum atomic E-state index is 0.464. The lowest BCUT2D eigenvalue weighted by Gasteiger charge is -2.32. The van der Waals surface area contributed by atoms with Crippen molar-refractivity contribution in [2.45, 2.75) is 64.3 Å². The molecule has 150 valence electrons. The summed E-state index contributed by atoms with van der Waals surface area (Å²) >= 11 is 0. The van der Waals surface area contributed by atoms with Crippen LogP contribution >= 0.6 is 0 Å². The van der Waals surface area contributed by atoms with Crippen LogP contribution in [0.15, 0.2) is 30.5 Å². The number of nitrogens with zero attached hydrogens (tertiary/aromatic N) is 4. The average Bonchev–Trinajstić information content (AvgIpc) is 2.98. The lowest BCUT2D eigenvalue weighted by molar-refractivity contribution is 0.438. The van der Waals surface area contributed by atoms with E-state index in [0.29, 0.717) is 12.0 Å². The SMILES string of the molecule is CC1CCN(c2ccc(Nc3cnnc(NC4CCCCCC4)n3)cc2)CC1. The van der Waals surface area contributed by atoms with E-state index < -0.39 is 0 Å². The molecule has 28 heavy (non-hydrogen) atoms. The van der Waals surface area contributed by atoms with Crippen LogP contribution in [0.2, 0.25) is 0 Å². The fourth-order valence-corrected chi connectivity index (χ4v) is 4.20. The topological polar surface area (TPSA) is 66.0 Å². The number of hydrogen-bond acceptors (Lipinski definition) is 6. The molecule has 2 fully saturated rings. The number of anilines is 4. The first-order chi connectivity index (χ1) is 13.8. The van der Waals surface area contributed by atoms with Crippen LogP contribution in [-0.2, 0) is 0 Å². The molecule has 0 radical (unpaired) electrons. The molecule has 0 unspecified atom stereocenters. The molecule has 2 heterocycles. The zero-order valence-corrected chi connectivity index (χ0v) is 16.9. The third-order valence-electron chi connectivity index (χ3n) is 6.04. The molecule has 2 N–H and O–H groups in total. The van der Waals surface area contributed by atoms with Crippen molar-refractivity contribution in [1.82, 2.24) is 15.2 Å². The van der Waals surface area contributed by atoms with E-state index in [1.165, 1.54) is 57.1 Å². The Hall–Kier alpha value is -2.37. The van der Waals surface area contributed by atoms with Gasteiger partial charge in [-0.1, -0.05) is 32.6 Å². The van der Waals surface area contributed by atoms with Gasteiger partial charge in [-0.15, -0.1) is 5.10 Å². The molecule has 1 aromatic carbocycles. The van der Waals surface area contributed by atoms with Gasteiger partial charge in [-0.05, 0) is 55.9 Å². The third-order valence-corrected chi connectivity index (χ3v) is 6.04. The Bertz CT molecular complexity index is 731. The monoisotopic (exact) mass is 380 g/mol. The Morgan fingerprint density at radius 1 is 0.929 bits per heavy atom. The van der Waals surface area contributed by atoms with Crippen molar-refractivity contribution in [2.75, 3.05) is 28.6 Å². The Morgan fingerprint density at radius 3 is 2.36 bits per heavy atom. The van der Waals surface area contributed by atoms with E-state index in [2.05, 4.69) is 61.9 Å². The van der Waals surface area contributed by atoms with Crippen LogP contribution in [0.3, 0.4) is 0 Å². The van der Waals surface area contributed by atoms with Crippen LogP contribution in [0.25, 0.3) is 0 Å². The van der Waals surface area contributed by atoms with E-state index in [9.17, 15) is 0 Å². The summed E-state index contributed by atoms with van der Waals surface area (Å²) in [6.07, 6.45) is 11.9. The van der Waals surface area contributed by atoms with Crippen molar-refractivity contribution in [3.05, 3.63) is 30.5 Å². The number of piperidine rings is 1. The lowest BCUT2D eigenvalue weighted by atomic mass is 9.99. The van der Waals surface area contributed by atoms with E-state index >= 15 is 0 Å². The summed E-state index contributed by atoms with van der Waals surface area (Å²) in [6.45, 7) is 4.65. The van der Waals surface area contributed by atoms with Gasteiger partial charge in [0.15, 0.2) is 5.82 Å². The van der Waals surface area contributed by atoms with E-state index in [1.807, 2.05) is 0 Å². The van der Waals surface area contributed by atoms with Crippen molar-refractivity contribution in [3.8, 4) is 0 Å². The van der Waals surface area contributed by atoms with Crippen LogP contribution in [0.5, 0.6) is 0 Å². The predicted octanol–water partition coefficient (Wildman–Crippen LogP) is 4.99. The van der Waals surface area contributed by atoms with Crippen molar-refractivity contribution in [1.29, 1.82) is 0 Å². The van der Waals surface area contributed by atoms with Gasteiger partial charge in [-0.25, -0.2) is 0 Å². The first-order valence-corrected chi connectivity index (χ1v) is 10.8. The highest BCUT2D eigenvalue weighted by molar-refractivity contribution is 5.61. The largest absolute Gasteiger partial charge is 0.372 e. The quantitative estimate of drug-likeness (QED) is 0.713. The van der Waals surface area contributed by atoms with Crippen LogP contribution < -0.4 is 15.5 Å². The smallest absolute Gasteiger partial charge is 0.244 e. The summed E-state index contributed by atoms with van der Waals surface area (Å²) in [5, 5.41) is 15.1. The van der Waals surface area contributed by atoms with Crippen LogP contribution in [0.4, 0.5) is 23.1 Å². The van der Waals surface area contributed by atoms with Gasteiger partial charge in [0.25, 0.3) is 0 Å². The van der Waals surface area contributed by atoms with Gasteiger partial charge in [0.05, 0.1) is 6.20 Å². The fourth-order valence-electron chi connectivity index (χ4n) is 4.20. The molecule has 6 nitrogen and oxygen atoms in total. The molecule has 1 aliphatic heterocycles. The summed E-state index contributed by atoms with van der Waals surface area (Å²) in [6, 6.07) is 9.09. The summed E-state index contributed by atoms with van der Waals surface area (Å²) in [4.78, 5) is 7.08. The molecule has 2 aliphatic rings. The van der Waals surface area contributed by atoms with Gasteiger partial charge in [0.2, 0.25) is 5.95 Å². The summed E-state index contributed by atoms with van der Waals surface area (Å²) < 4.78 is 0. The molecule has 0 amide bonds. The first kappa shape index (κ1) is 19.0. The summed E-state index contributed by atoms with van der Waals surface area (Å²) in [7, 11) is 0. The van der Waals surface area contributed by atoms with Gasteiger partial charge in [-0.3, -0.25) is 0 Å². The van der Waals surface area contributed by atoms with Gasteiger partial charge in [0, 0.05) is 30.5 Å². The highest BCUT2D eigenvalue weighted by Gasteiger charge is 2.16. The van der Waals surface area contributed by atoms with Gasteiger partial charge in [0.1, 0.15) is 0 Å².